The Morgan fingerprint density at radius 2 is 2.03 bits per heavy atom. The number of amides is 1. The van der Waals surface area contributed by atoms with Gasteiger partial charge < -0.3 is 15.0 Å². The first-order valence-corrected chi connectivity index (χ1v) is 10.5. The molecular weight excluding hydrogens is 390 g/mol. The molecule has 5 rings (SSSR count). The molecule has 3 aromatic rings. The third-order valence-corrected chi connectivity index (χ3v) is 6.33. The standard InChI is InChI=1S/C24H23N5O2/c25-16-29-14-17-7-6-12-24(17,15-29)26-23(30)21-13-20(27-28-21)19-10-4-5-11-22(19)31-18-8-2-1-3-9-18/h1-5,8-11,13,17H,6-7,12,14-15H2,(H,26,30)(H,27,28)/t17-,24-/m1/s1. The topological polar surface area (TPSA) is 94.0 Å². The van der Waals surface area contributed by atoms with Crippen LogP contribution in [-0.2, 0) is 0 Å². The molecule has 0 bridgehead atoms. The molecule has 7 nitrogen and oxygen atoms in total. The van der Waals surface area contributed by atoms with Gasteiger partial charge in [-0.25, -0.2) is 0 Å². The summed E-state index contributed by atoms with van der Waals surface area (Å²) in [6, 6.07) is 18.9. The minimum atomic E-state index is -0.327. The van der Waals surface area contributed by atoms with Crippen molar-refractivity contribution in [2.75, 3.05) is 13.1 Å². The Bertz CT molecular complexity index is 1140. The second-order valence-corrected chi connectivity index (χ2v) is 8.26. The fourth-order valence-electron chi connectivity index (χ4n) is 4.82. The van der Waals surface area contributed by atoms with E-state index in [2.05, 4.69) is 21.7 Å². The zero-order valence-corrected chi connectivity index (χ0v) is 17.0. The lowest BCUT2D eigenvalue weighted by Gasteiger charge is -2.29. The van der Waals surface area contributed by atoms with E-state index in [0.717, 1.165) is 37.1 Å². The van der Waals surface area contributed by atoms with Crippen molar-refractivity contribution < 1.29 is 9.53 Å². The second-order valence-electron chi connectivity index (χ2n) is 8.26. The monoisotopic (exact) mass is 413 g/mol. The Morgan fingerprint density at radius 3 is 2.87 bits per heavy atom. The van der Waals surface area contributed by atoms with Crippen LogP contribution in [0.15, 0.2) is 60.7 Å². The molecule has 31 heavy (non-hydrogen) atoms. The Kier molecular flexibility index (Phi) is 4.83. The fraction of sp³-hybridized carbons (Fsp3) is 0.292. The molecule has 1 amide bonds. The second kappa shape index (κ2) is 7.80. The average Bonchev–Trinajstić information content (AvgIpc) is 3.49. The normalized spacial score (nSPS) is 22.0. The molecule has 1 saturated heterocycles. The van der Waals surface area contributed by atoms with E-state index in [1.165, 1.54) is 0 Å². The van der Waals surface area contributed by atoms with Gasteiger partial charge >= 0.3 is 0 Å². The van der Waals surface area contributed by atoms with Gasteiger partial charge in [0.05, 0.1) is 17.8 Å². The summed E-state index contributed by atoms with van der Waals surface area (Å²) in [6.07, 6.45) is 5.24. The van der Waals surface area contributed by atoms with Gasteiger partial charge in [-0.2, -0.15) is 10.4 Å². The first kappa shape index (κ1) is 19.2. The molecule has 0 radical (unpaired) electrons. The van der Waals surface area contributed by atoms with Gasteiger partial charge in [-0.15, -0.1) is 0 Å². The Labute approximate surface area is 180 Å². The van der Waals surface area contributed by atoms with Crippen molar-refractivity contribution in [3.05, 3.63) is 66.4 Å². The highest BCUT2D eigenvalue weighted by atomic mass is 16.5. The lowest BCUT2D eigenvalue weighted by Crippen LogP contribution is -2.51. The summed E-state index contributed by atoms with van der Waals surface area (Å²) in [6.45, 7) is 1.30. The van der Waals surface area contributed by atoms with Gasteiger partial charge in [0.15, 0.2) is 6.19 Å². The summed E-state index contributed by atoms with van der Waals surface area (Å²) in [4.78, 5) is 14.8. The molecule has 1 aliphatic carbocycles. The van der Waals surface area contributed by atoms with E-state index in [1.54, 1.807) is 11.0 Å². The molecule has 2 aromatic carbocycles. The maximum Gasteiger partial charge on any atom is 0.269 e. The molecule has 2 heterocycles. The molecule has 2 aliphatic rings. The number of nitriles is 1. The average molecular weight is 413 g/mol. The number of hydrogen-bond acceptors (Lipinski definition) is 5. The quantitative estimate of drug-likeness (QED) is 0.618. The van der Waals surface area contributed by atoms with E-state index in [0.29, 0.717) is 29.6 Å². The van der Waals surface area contributed by atoms with E-state index in [9.17, 15) is 10.1 Å². The van der Waals surface area contributed by atoms with Crippen LogP contribution in [0.2, 0.25) is 0 Å². The van der Waals surface area contributed by atoms with Gasteiger partial charge in [0.1, 0.15) is 17.2 Å². The van der Waals surface area contributed by atoms with Gasteiger partial charge in [-0.05, 0) is 43.2 Å². The number of para-hydroxylation sites is 2. The van der Waals surface area contributed by atoms with Crippen molar-refractivity contribution in [2.45, 2.75) is 24.8 Å². The van der Waals surface area contributed by atoms with Crippen molar-refractivity contribution in [3.8, 4) is 28.9 Å². The first-order valence-electron chi connectivity index (χ1n) is 10.5. The molecule has 1 aromatic heterocycles. The number of likely N-dealkylation sites (tertiary alicyclic amines) is 1. The summed E-state index contributed by atoms with van der Waals surface area (Å²) >= 11 is 0. The number of nitrogens with zero attached hydrogens (tertiary/aromatic N) is 3. The van der Waals surface area contributed by atoms with Crippen molar-refractivity contribution in [2.24, 2.45) is 5.92 Å². The van der Waals surface area contributed by atoms with Gasteiger partial charge in [0.25, 0.3) is 5.91 Å². The van der Waals surface area contributed by atoms with E-state index < -0.39 is 0 Å². The molecule has 2 fully saturated rings. The predicted octanol–water partition coefficient (Wildman–Crippen LogP) is 3.93. The number of aromatic nitrogens is 2. The number of hydrogen-bond donors (Lipinski definition) is 2. The van der Waals surface area contributed by atoms with E-state index >= 15 is 0 Å². The number of rotatable bonds is 5. The SMILES string of the molecule is N#CN1C[C@H]2CCC[C@@]2(NC(=O)c2cc(-c3ccccc3Oc3ccccc3)n[nH]2)C1. The van der Waals surface area contributed by atoms with Gasteiger partial charge in [-0.1, -0.05) is 36.8 Å². The number of fused-ring (bicyclic) bond motifs is 1. The number of carbonyl (C=O) groups excluding carboxylic acids is 1. The molecule has 1 saturated carbocycles. The van der Waals surface area contributed by atoms with Crippen LogP contribution >= 0.6 is 0 Å². The molecule has 7 heteroatoms. The van der Waals surface area contributed by atoms with Crippen LogP contribution in [0.25, 0.3) is 11.3 Å². The molecule has 0 unspecified atom stereocenters. The predicted molar refractivity (Wildman–Crippen MR) is 115 cm³/mol. The summed E-state index contributed by atoms with van der Waals surface area (Å²) in [5.74, 6) is 1.53. The number of nitrogens with one attached hydrogen (secondary N) is 2. The fourth-order valence-corrected chi connectivity index (χ4v) is 4.82. The van der Waals surface area contributed by atoms with Gasteiger partial charge in [0, 0.05) is 18.0 Å². The summed E-state index contributed by atoms with van der Waals surface area (Å²) in [7, 11) is 0. The van der Waals surface area contributed by atoms with Crippen LogP contribution in [0.4, 0.5) is 0 Å². The van der Waals surface area contributed by atoms with Crippen LogP contribution in [0, 0.1) is 17.4 Å². The number of aromatic amines is 1. The molecule has 156 valence electrons. The molecule has 0 spiro atoms. The summed E-state index contributed by atoms with van der Waals surface area (Å²) in [5, 5.41) is 19.7. The van der Waals surface area contributed by atoms with Crippen molar-refractivity contribution in [3.63, 3.8) is 0 Å². The smallest absolute Gasteiger partial charge is 0.269 e. The maximum absolute atomic E-state index is 13.0. The maximum atomic E-state index is 13.0. The van der Waals surface area contributed by atoms with Crippen molar-refractivity contribution in [1.82, 2.24) is 20.4 Å². The van der Waals surface area contributed by atoms with Crippen LogP contribution in [0.3, 0.4) is 0 Å². The van der Waals surface area contributed by atoms with E-state index in [-0.39, 0.29) is 11.4 Å². The minimum Gasteiger partial charge on any atom is -0.457 e. The van der Waals surface area contributed by atoms with Crippen LogP contribution < -0.4 is 10.1 Å². The zero-order valence-electron chi connectivity index (χ0n) is 17.0. The van der Waals surface area contributed by atoms with Crippen molar-refractivity contribution in [1.29, 1.82) is 5.26 Å². The zero-order chi connectivity index (χ0) is 21.3. The van der Waals surface area contributed by atoms with Gasteiger partial charge in [0.2, 0.25) is 0 Å². The third-order valence-electron chi connectivity index (χ3n) is 6.33. The Morgan fingerprint density at radius 1 is 1.23 bits per heavy atom. The van der Waals surface area contributed by atoms with E-state index in [4.69, 9.17) is 4.74 Å². The largest absolute Gasteiger partial charge is 0.457 e. The third kappa shape index (κ3) is 3.61. The number of ether oxygens (including phenoxy) is 1. The molecule has 1 aliphatic heterocycles. The van der Waals surface area contributed by atoms with Gasteiger partial charge in [-0.3, -0.25) is 9.89 Å². The number of benzene rings is 2. The lowest BCUT2D eigenvalue weighted by molar-refractivity contribution is 0.0886. The first-order chi connectivity index (χ1) is 15.2. The van der Waals surface area contributed by atoms with Crippen LogP contribution in [-0.4, -0.2) is 39.6 Å². The van der Waals surface area contributed by atoms with E-state index in [1.807, 2.05) is 54.6 Å². The highest BCUT2D eigenvalue weighted by molar-refractivity contribution is 5.94. The lowest BCUT2D eigenvalue weighted by atomic mass is 9.90. The minimum absolute atomic E-state index is 0.188. The summed E-state index contributed by atoms with van der Waals surface area (Å²) < 4.78 is 6.03. The Balaban J connectivity index is 1.36. The van der Waals surface area contributed by atoms with Crippen molar-refractivity contribution >= 4 is 5.91 Å². The summed E-state index contributed by atoms with van der Waals surface area (Å²) in [5.41, 5.74) is 1.52. The van der Waals surface area contributed by atoms with Crippen LogP contribution in [0.5, 0.6) is 11.5 Å². The number of H-pyrrole nitrogens is 1. The molecule has 2 N–H and O–H groups in total. The highest BCUT2D eigenvalue weighted by Gasteiger charge is 2.50. The highest BCUT2D eigenvalue weighted by Crippen LogP contribution is 2.41. The van der Waals surface area contributed by atoms with Crippen LogP contribution in [0.1, 0.15) is 29.8 Å². The molecule has 2 atom stereocenters. The number of carbonyl (C=O) groups is 1. The molecular formula is C24H23N5O2. The Hall–Kier alpha value is -3.79.